The maximum absolute atomic E-state index is 12.9. The molecule has 0 aromatic heterocycles. The molecule has 0 fully saturated rings. The van der Waals surface area contributed by atoms with Crippen LogP contribution in [0.1, 0.15) is 18.1 Å². The van der Waals surface area contributed by atoms with Crippen LogP contribution in [0.2, 0.25) is 0 Å². The summed E-state index contributed by atoms with van der Waals surface area (Å²) in [5.41, 5.74) is -1.62. The van der Waals surface area contributed by atoms with Crippen molar-refractivity contribution in [2.24, 2.45) is 0 Å². The van der Waals surface area contributed by atoms with E-state index < -0.39 is 23.4 Å². The maximum Gasteiger partial charge on any atom is 0.419 e. The Hall–Kier alpha value is -1.13. The van der Waals surface area contributed by atoms with Gasteiger partial charge in [0.05, 0.1) is 5.56 Å². The summed E-state index contributed by atoms with van der Waals surface area (Å²) in [6.45, 7) is 1.53. The highest BCUT2D eigenvalue weighted by Gasteiger charge is 2.34. The molecule has 5 heteroatoms. The van der Waals surface area contributed by atoms with Gasteiger partial charge < -0.3 is 0 Å². The van der Waals surface area contributed by atoms with Crippen LogP contribution in [-0.2, 0) is 12.6 Å². The predicted octanol–water partition coefficient (Wildman–Crippen LogP) is 3.55. The molecule has 0 N–H and O–H groups in total. The Labute approximate surface area is 77.4 Å². The van der Waals surface area contributed by atoms with Gasteiger partial charge in [-0.3, -0.25) is 0 Å². The molecule has 0 bridgehead atoms. The number of aryl methyl sites for hydroxylation is 1. The molecule has 0 saturated carbocycles. The zero-order valence-electron chi connectivity index (χ0n) is 7.25. The van der Waals surface area contributed by atoms with E-state index in [1.54, 1.807) is 0 Å². The standard InChI is InChI=1S/C9H7F5/c1-2-5-3-8(11)6(4-7(5)10)9(12,13)14/h3-4H,2H2,1H3. The van der Waals surface area contributed by atoms with Gasteiger partial charge in [0.15, 0.2) is 0 Å². The van der Waals surface area contributed by atoms with Crippen molar-refractivity contribution in [2.45, 2.75) is 19.5 Å². The fraction of sp³-hybridized carbons (Fsp3) is 0.333. The SMILES string of the molecule is CCc1cc(F)c(C(F)(F)F)cc1F. The Kier molecular flexibility index (Phi) is 2.78. The molecule has 1 aromatic rings. The van der Waals surface area contributed by atoms with Crippen molar-refractivity contribution in [3.63, 3.8) is 0 Å². The van der Waals surface area contributed by atoms with E-state index in [1.807, 2.05) is 0 Å². The predicted molar refractivity (Wildman–Crippen MR) is 40.7 cm³/mol. The molecule has 14 heavy (non-hydrogen) atoms. The van der Waals surface area contributed by atoms with Gasteiger partial charge in [0.2, 0.25) is 0 Å². The van der Waals surface area contributed by atoms with Gasteiger partial charge >= 0.3 is 6.18 Å². The molecule has 0 nitrogen and oxygen atoms in total. The lowest BCUT2D eigenvalue weighted by atomic mass is 10.1. The number of rotatable bonds is 1. The smallest absolute Gasteiger partial charge is 0.207 e. The molecule has 0 aliphatic heterocycles. The third-order valence-corrected chi connectivity index (χ3v) is 1.82. The minimum atomic E-state index is -4.85. The summed E-state index contributed by atoms with van der Waals surface area (Å²) in [6, 6.07) is 0.770. The lowest BCUT2D eigenvalue weighted by molar-refractivity contribution is -0.140. The molecular weight excluding hydrogens is 203 g/mol. The van der Waals surface area contributed by atoms with Gasteiger partial charge in [-0.15, -0.1) is 0 Å². The molecule has 1 aromatic carbocycles. The molecule has 0 saturated heterocycles. The number of alkyl halides is 3. The van der Waals surface area contributed by atoms with Gasteiger partial charge in [-0.1, -0.05) is 6.92 Å². The monoisotopic (exact) mass is 210 g/mol. The first-order valence-corrected chi connectivity index (χ1v) is 3.91. The van der Waals surface area contributed by atoms with Crippen LogP contribution in [0.3, 0.4) is 0 Å². The Morgan fingerprint density at radius 3 is 2.07 bits per heavy atom. The van der Waals surface area contributed by atoms with Crippen molar-refractivity contribution in [3.05, 3.63) is 34.9 Å². The Morgan fingerprint density at radius 2 is 1.64 bits per heavy atom. The quantitative estimate of drug-likeness (QED) is 0.622. The second-order valence-electron chi connectivity index (χ2n) is 2.77. The van der Waals surface area contributed by atoms with E-state index in [0.717, 1.165) is 0 Å². The first kappa shape index (κ1) is 10.9. The van der Waals surface area contributed by atoms with Crippen LogP contribution < -0.4 is 0 Å². The fourth-order valence-corrected chi connectivity index (χ4v) is 1.08. The van der Waals surface area contributed by atoms with E-state index in [2.05, 4.69) is 0 Å². The zero-order valence-corrected chi connectivity index (χ0v) is 7.25. The minimum Gasteiger partial charge on any atom is -0.207 e. The Balaban J connectivity index is 3.29. The van der Waals surface area contributed by atoms with Crippen LogP contribution in [0.15, 0.2) is 12.1 Å². The van der Waals surface area contributed by atoms with Gasteiger partial charge in [-0.2, -0.15) is 13.2 Å². The molecule has 0 spiro atoms. The van der Waals surface area contributed by atoms with Crippen molar-refractivity contribution < 1.29 is 22.0 Å². The number of halogens is 5. The molecule has 0 radical (unpaired) electrons. The number of benzene rings is 1. The van der Waals surface area contributed by atoms with Crippen LogP contribution in [0.25, 0.3) is 0 Å². The van der Waals surface area contributed by atoms with Crippen molar-refractivity contribution >= 4 is 0 Å². The Morgan fingerprint density at radius 1 is 1.07 bits per heavy atom. The van der Waals surface area contributed by atoms with E-state index in [4.69, 9.17) is 0 Å². The van der Waals surface area contributed by atoms with E-state index in [9.17, 15) is 22.0 Å². The summed E-state index contributed by atoms with van der Waals surface area (Å²) < 4.78 is 61.9. The summed E-state index contributed by atoms with van der Waals surface area (Å²) in [5.74, 6) is -2.46. The van der Waals surface area contributed by atoms with Gasteiger partial charge in [-0.25, -0.2) is 8.78 Å². The average Bonchev–Trinajstić information content (AvgIpc) is 2.06. The summed E-state index contributed by atoms with van der Waals surface area (Å²) in [7, 11) is 0. The lowest BCUT2D eigenvalue weighted by Gasteiger charge is -2.09. The van der Waals surface area contributed by atoms with Crippen molar-refractivity contribution in [1.29, 1.82) is 0 Å². The summed E-state index contributed by atoms with van der Waals surface area (Å²) in [5, 5.41) is 0. The lowest BCUT2D eigenvalue weighted by Crippen LogP contribution is -2.09. The van der Waals surface area contributed by atoms with Gasteiger partial charge in [0.1, 0.15) is 11.6 Å². The molecule has 0 heterocycles. The zero-order chi connectivity index (χ0) is 10.9. The van der Waals surface area contributed by atoms with Crippen molar-refractivity contribution in [1.82, 2.24) is 0 Å². The molecule has 1 rings (SSSR count). The van der Waals surface area contributed by atoms with Crippen LogP contribution in [-0.4, -0.2) is 0 Å². The van der Waals surface area contributed by atoms with Gasteiger partial charge in [0.25, 0.3) is 0 Å². The Bertz CT molecular complexity index is 340. The second-order valence-corrected chi connectivity index (χ2v) is 2.77. The third kappa shape index (κ3) is 2.02. The van der Waals surface area contributed by atoms with Crippen LogP contribution in [0.4, 0.5) is 22.0 Å². The first-order valence-electron chi connectivity index (χ1n) is 3.91. The van der Waals surface area contributed by atoms with Crippen molar-refractivity contribution in [2.75, 3.05) is 0 Å². The summed E-state index contributed by atoms with van der Waals surface area (Å²) >= 11 is 0. The topological polar surface area (TPSA) is 0 Å². The maximum atomic E-state index is 12.9. The highest BCUT2D eigenvalue weighted by atomic mass is 19.4. The average molecular weight is 210 g/mol. The first-order chi connectivity index (χ1) is 6.36. The highest BCUT2D eigenvalue weighted by molar-refractivity contribution is 5.28. The van der Waals surface area contributed by atoms with Crippen LogP contribution in [0, 0.1) is 11.6 Å². The summed E-state index contributed by atoms with van der Waals surface area (Å²) in [4.78, 5) is 0. The highest BCUT2D eigenvalue weighted by Crippen LogP contribution is 2.32. The minimum absolute atomic E-state index is 0.0597. The van der Waals surface area contributed by atoms with Crippen LogP contribution >= 0.6 is 0 Å². The van der Waals surface area contributed by atoms with E-state index >= 15 is 0 Å². The normalized spacial score (nSPS) is 11.9. The van der Waals surface area contributed by atoms with Gasteiger partial charge in [0, 0.05) is 0 Å². The van der Waals surface area contributed by atoms with Crippen LogP contribution in [0.5, 0.6) is 0 Å². The third-order valence-electron chi connectivity index (χ3n) is 1.82. The largest absolute Gasteiger partial charge is 0.419 e. The molecule has 78 valence electrons. The van der Waals surface area contributed by atoms with Crippen molar-refractivity contribution in [3.8, 4) is 0 Å². The fourth-order valence-electron chi connectivity index (χ4n) is 1.08. The molecule has 0 atom stereocenters. The molecular formula is C9H7F5. The molecule has 0 amide bonds. The van der Waals surface area contributed by atoms with E-state index in [1.165, 1.54) is 6.92 Å². The van der Waals surface area contributed by atoms with E-state index in [-0.39, 0.29) is 18.1 Å². The number of hydrogen-bond donors (Lipinski definition) is 0. The second kappa shape index (κ2) is 3.55. The van der Waals surface area contributed by atoms with E-state index in [0.29, 0.717) is 6.07 Å². The molecule has 0 aliphatic carbocycles. The number of hydrogen-bond acceptors (Lipinski definition) is 0. The van der Waals surface area contributed by atoms with Gasteiger partial charge in [-0.05, 0) is 24.1 Å². The molecule has 0 unspecified atom stereocenters. The molecule has 0 aliphatic rings. The summed E-state index contributed by atoms with van der Waals surface area (Å²) in [6.07, 6.45) is -4.70.